The Kier molecular flexibility index (Phi) is 5.50. The van der Waals surface area contributed by atoms with Crippen molar-refractivity contribution in [2.24, 2.45) is 0 Å². The standard InChI is InChI=1S/C16H21N3O3S2/c1-10-11(2)24-15(17-10)18-16(21)19-5-6-22-9-12(19)8-13(20)14-4-3-7-23-14/h3-4,7,12-13,20H,5-6,8-9H2,1-2H3,(H,17,18,21)/t12-,13+/m0/s1. The number of thiophene rings is 1. The number of aliphatic hydroxyl groups is 1. The molecular weight excluding hydrogens is 346 g/mol. The number of ether oxygens (including phenoxy) is 1. The Labute approximate surface area is 149 Å². The van der Waals surface area contributed by atoms with E-state index in [0.29, 0.717) is 31.3 Å². The molecule has 1 aliphatic heterocycles. The number of amides is 2. The van der Waals surface area contributed by atoms with Crippen LogP contribution in [0, 0.1) is 13.8 Å². The number of aryl methyl sites for hydroxylation is 2. The number of aromatic nitrogens is 1. The number of nitrogens with one attached hydrogen (secondary N) is 1. The second-order valence-corrected chi connectivity index (χ2v) is 7.96. The molecule has 0 radical (unpaired) electrons. The zero-order chi connectivity index (χ0) is 17.1. The highest BCUT2D eigenvalue weighted by molar-refractivity contribution is 7.15. The number of anilines is 1. The van der Waals surface area contributed by atoms with Crippen molar-refractivity contribution in [1.29, 1.82) is 0 Å². The van der Waals surface area contributed by atoms with E-state index in [-0.39, 0.29) is 12.1 Å². The van der Waals surface area contributed by atoms with E-state index in [1.807, 2.05) is 31.4 Å². The third kappa shape index (κ3) is 3.94. The molecule has 0 bridgehead atoms. The van der Waals surface area contributed by atoms with Crippen LogP contribution in [0.1, 0.15) is 28.0 Å². The van der Waals surface area contributed by atoms with E-state index in [1.165, 1.54) is 22.7 Å². The Morgan fingerprint density at radius 2 is 2.42 bits per heavy atom. The highest BCUT2D eigenvalue weighted by atomic mass is 32.1. The molecule has 130 valence electrons. The van der Waals surface area contributed by atoms with Crippen molar-refractivity contribution in [3.8, 4) is 0 Å². The van der Waals surface area contributed by atoms with Crippen molar-refractivity contribution in [3.05, 3.63) is 33.0 Å². The average Bonchev–Trinajstić information content (AvgIpc) is 3.18. The topological polar surface area (TPSA) is 74.7 Å². The van der Waals surface area contributed by atoms with Crippen molar-refractivity contribution in [2.45, 2.75) is 32.4 Å². The molecule has 0 spiro atoms. The lowest BCUT2D eigenvalue weighted by molar-refractivity contribution is -0.00382. The summed E-state index contributed by atoms with van der Waals surface area (Å²) in [5.41, 5.74) is 0.932. The van der Waals surface area contributed by atoms with Gasteiger partial charge in [0.2, 0.25) is 0 Å². The lowest BCUT2D eigenvalue weighted by Crippen LogP contribution is -2.50. The summed E-state index contributed by atoms with van der Waals surface area (Å²) in [6, 6.07) is 3.48. The molecule has 1 saturated heterocycles. The summed E-state index contributed by atoms with van der Waals surface area (Å²) < 4.78 is 5.51. The van der Waals surface area contributed by atoms with Gasteiger partial charge in [0, 0.05) is 22.7 Å². The van der Waals surface area contributed by atoms with Crippen molar-refractivity contribution in [1.82, 2.24) is 9.88 Å². The highest BCUT2D eigenvalue weighted by Crippen LogP contribution is 2.27. The fraction of sp³-hybridized carbons (Fsp3) is 0.500. The van der Waals surface area contributed by atoms with E-state index in [0.717, 1.165) is 15.4 Å². The minimum absolute atomic E-state index is 0.155. The Morgan fingerprint density at radius 1 is 1.58 bits per heavy atom. The number of aliphatic hydroxyl groups excluding tert-OH is 1. The van der Waals surface area contributed by atoms with Crippen LogP contribution in [0.15, 0.2) is 17.5 Å². The molecule has 0 aliphatic carbocycles. The number of urea groups is 1. The van der Waals surface area contributed by atoms with Crippen LogP contribution in [0.25, 0.3) is 0 Å². The van der Waals surface area contributed by atoms with Crippen LogP contribution in [0.4, 0.5) is 9.93 Å². The fourth-order valence-electron chi connectivity index (χ4n) is 2.66. The van der Waals surface area contributed by atoms with E-state index in [1.54, 1.807) is 4.90 Å². The maximum Gasteiger partial charge on any atom is 0.324 e. The minimum atomic E-state index is -0.587. The Morgan fingerprint density at radius 3 is 3.08 bits per heavy atom. The van der Waals surface area contributed by atoms with Crippen LogP contribution < -0.4 is 5.32 Å². The molecule has 1 fully saturated rings. The molecule has 0 aromatic carbocycles. The van der Waals surface area contributed by atoms with E-state index in [9.17, 15) is 9.90 Å². The molecule has 3 rings (SSSR count). The molecule has 0 unspecified atom stereocenters. The van der Waals surface area contributed by atoms with E-state index < -0.39 is 6.10 Å². The molecule has 2 amide bonds. The first-order valence-corrected chi connectivity index (χ1v) is 9.55. The van der Waals surface area contributed by atoms with Crippen LogP contribution >= 0.6 is 22.7 Å². The van der Waals surface area contributed by atoms with Gasteiger partial charge < -0.3 is 14.7 Å². The van der Waals surface area contributed by atoms with E-state index in [4.69, 9.17) is 4.74 Å². The van der Waals surface area contributed by atoms with Crippen LogP contribution in [0.3, 0.4) is 0 Å². The number of hydrogen-bond donors (Lipinski definition) is 2. The van der Waals surface area contributed by atoms with Gasteiger partial charge >= 0.3 is 6.03 Å². The van der Waals surface area contributed by atoms with E-state index >= 15 is 0 Å². The van der Waals surface area contributed by atoms with Gasteiger partial charge in [-0.2, -0.15) is 0 Å². The third-order valence-corrected chi connectivity index (χ3v) is 6.06. The summed E-state index contributed by atoms with van der Waals surface area (Å²) in [5, 5.41) is 15.8. The maximum absolute atomic E-state index is 12.6. The molecule has 2 aromatic rings. The largest absolute Gasteiger partial charge is 0.387 e. The number of thiazole rings is 1. The van der Waals surface area contributed by atoms with Gasteiger partial charge in [-0.15, -0.1) is 22.7 Å². The minimum Gasteiger partial charge on any atom is -0.387 e. The summed E-state index contributed by atoms with van der Waals surface area (Å²) in [5.74, 6) is 0. The molecule has 24 heavy (non-hydrogen) atoms. The molecule has 8 heteroatoms. The molecule has 2 N–H and O–H groups in total. The molecule has 3 heterocycles. The van der Waals surface area contributed by atoms with Gasteiger partial charge in [0.25, 0.3) is 0 Å². The molecular formula is C16H21N3O3S2. The predicted octanol–water partition coefficient (Wildman–Crippen LogP) is 3.18. The number of carbonyl (C=O) groups is 1. The number of hydrogen-bond acceptors (Lipinski definition) is 6. The van der Waals surface area contributed by atoms with Crippen LogP contribution in [-0.4, -0.2) is 46.8 Å². The maximum atomic E-state index is 12.6. The lowest BCUT2D eigenvalue weighted by atomic mass is 10.1. The molecule has 6 nitrogen and oxygen atoms in total. The van der Waals surface area contributed by atoms with Gasteiger partial charge in [-0.3, -0.25) is 5.32 Å². The zero-order valence-corrected chi connectivity index (χ0v) is 15.3. The molecule has 2 atom stereocenters. The predicted molar refractivity (Wildman–Crippen MR) is 95.8 cm³/mol. The lowest BCUT2D eigenvalue weighted by Gasteiger charge is -2.36. The zero-order valence-electron chi connectivity index (χ0n) is 13.7. The molecule has 0 saturated carbocycles. The van der Waals surface area contributed by atoms with Crippen molar-refractivity contribution < 1.29 is 14.6 Å². The summed E-state index contributed by atoms with van der Waals surface area (Å²) in [7, 11) is 0. The van der Waals surface area contributed by atoms with Crippen molar-refractivity contribution >= 4 is 33.8 Å². The monoisotopic (exact) mass is 367 g/mol. The van der Waals surface area contributed by atoms with Gasteiger partial charge in [0.15, 0.2) is 5.13 Å². The quantitative estimate of drug-likeness (QED) is 0.870. The smallest absolute Gasteiger partial charge is 0.324 e. The second kappa shape index (κ2) is 7.60. The van der Waals surface area contributed by atoms with Crippen molar-refractivity contribution in [2.75, 3.05) is 25.1 Å². The summed E-state index contributed by atoms with van der Waals surface area (Å²) in [4.78, 5) is 20.7. The highest BCUT2D eigenvalue weighted by Gasteiger charge is 2.30. The van der Waals surface area contributed by atoms with Gasteiger partial charge in [-0.25, -0.2) is 9.78 Å². The van der Waals surface area contributed by atoms with Crippen LogP contribution in [-0.2, 0) is 4.74 Å². The second-order valence-electron chi connectivity index (χ2n) is 5.78. The SMILES string of the molecule is Cc1nc(NC(=O)N2CCOC[C@@H]2C[C@@H](O)c2cccs2)sc1C. The Balaban J connectivity index is 1.66. The first kappa shape index (κ1) is 17.3. The van der Waals surface area contributed by atoms with E-state index in [2.05, 4.69) is 10.3 Å². The van der Waals surface area contributed by atoms with Gasteiger partial charge in [-0.1, -0.05) is 6.07 Å². The summed E-state index contributed by atoms with van der Waals surface area (Å²) in [6.07, 6.45) is -0.125. The summed E-state index contributed by atoms with van der Waals surface area (Å²) >= 11 is 2.99. The van der Waals surface area contributed by atoms with Gasteiger partial charge in [0.1, 0.15) is 0 Å². The third-order valence-electron chi connectivity index (χ3n) is 4.10. The fourth-order valence-corrected chi connectivity index (χ4v) is 4.19. The first-order chi connectivity index (χ1) is 11.5. The van der Waals surface area contributed by atoms with Gasteiger partial charge in [0.05, 0.1) is 31.1 Å². The normalized spacial score (nSPS) is 19.3. The van der Waals surface area contributed by atoms with Crippen LogP contribution in [0.2, 0.25) is 0 Å². The summed E-state index contributed by atoms with van der Waals surface area (Å²) in [6.45, 7) is 5.37. The first-order valence-electron chi connectivity index (χ1n) is 7.85. The Bertz CT molecular complexity index is 667. The van der Waals surface area contributed by atoms with Crippen LogP contribution in [0.5, 0.6) is 0 Å². The number of nitrogens with zero attached hydrogens (tertiary/aromatic N) is 2. The van der Waals surface area contributed by atoms with Crippen molar-refractivity contribution in [3.63, 3.8) is 0 Å². The van der Waals surface area contributed by atoms with Gasteiger partial charge in [-0.05, 0) is 25.3 Å². The number of carbonyl (C=O) groups excluding carboxylic acids is 1. The number of morpholine rings is 1. The Hall–Kier alpha value is -1.48. The number of rotatable bonds is 4. The molecule has 1 aliphatic rings. The average molecular weight is 367 g/mol. The molecule has 2 aromatic heterocycles.